The smallest absolute Gasteiger partial charge is 0.251 e. The molecule has 4 rings (SSSR count). The molecule has 1 aliphatic heterocycles. The minimum Gasteiger partial charge on any atom is -0.351 e. The van der Waals surface area contributed by atoms with Crippen LogP contribution in [0.2, 0.25) is 0 Å². The maximum Gasteiger partial charge on any atom is 0.251 e. The van der Waals surface area contributed by atoms with Crippen molar-refractivity contribution in [3.05, 3.63) is 59.3 Å². The van der Waals surface area contributed by atoms with Gasteiger partial charge in [0.15, 0.2) is 0 Å². The van der Waals surface area contributed by atoms with Crippen LogP contribution in [-0.2, 0) is 10.0 Å². The molecular formula is C21H26N4O3S. The van der Waals surface area contributed by atoms with Crippen molar-refractivity contribution < 1.29 is 13.2 Å². The Balaban J connectivity index is 1.38. The molecule has 8 heteroatoms. The van der Waals surface area contributed by atoms with Gasteiger partial charge in [-0.05, 0) is 43.0 Å². The fraction of sp³-hybridized carbons (Fsp3) is 0.429. The Morgan fingerprint density at radius 3 is 2.79 bits per heavy atom. The molecule has 154 valence electrons. The molecule has 1 amide bonds. The number of piperidine rings is 1. The summed E-state index contributed by atoms with van der Waals surface area (Å²) in [6.45, 7) is 3.64. The van der Waals surface area contributed by atoms with Crippen molar-refractivity contribution in [2.24, 2.45) is 11.8 Å². The predicted molar refractivity (Wildman–Crippen MR) is 112 cm³/mol. The summed E-state index contributed by atoms with van der Waals surface area (Å²) >= 11 is 0. The van der Waals surface area contributed by atoms with Crippen LogP contribution in [0.1, 0.15) is 36.5 Å². The molecule has 1 aliphatic carbocycles. The van der Waals surface area contributed by atoms with Crippen LogP contribution < -0.4 is 5.32 Å². The Kier molecular flexibility index (Phi) is 5.56. The van der Waals surface area contributed by atoms with Crippen molar-refractivity contribution in [2.75, 3.05) is 19.6 Å². The van der Waals surface area contributed by atoms with Gasteiger partial charge in [0.1, 0.15) is 0 Å². The fourth-order valence-corrected chi connectivity index (χ4v) is 5.56. The Morgan fingerprint density at radius 2 is 2.03 bits per heavy atom. The van der Waals surface area contributed by atoms with Crippen LogP contribution >= 0.6 is 0 Å². The maximum atomic E-state index is 12.9. The molecule has 2 unspecified atom stereocenters. The first-order valence-corrected chi connectivity index (χ1v) is 11.5. The molecule has 1 fully saturated rings. The highest BCUT2D eigenvalue weighted by Crippen LogP contribution is 2.28. The van der Waals surface area contributed by atoms with Gasteiger partial charge in [-0.25, -0.2) is 12.9 Å². The quantitative estimate of drug-likeness (QED) is 0.815. The second-order valence-corrected chi connectivity index (χ2v) is 9.68. The number of hydrogen-bond acceptors (Lipinski definition) is 4. The number of aromatic nitrogens is 2. The number of hydrogen-bond donors (Lipinski definition) is 1. The zero-order chi connectivity index (χ0) is 20.4. The number of nitrogens with one attached hydrogen (secondary N) is 1. The molecule has 7 nitrogen and oxygen atoms in total. The van der Waals surface area contributed by atoms with Crippen LogP contribution in [0.4, 0.5) is 0 Å². The average Bonchev–Trinajstić information content (AvgIpc) is 3.21. The lowest BCUT2D eigenvalue weighted by Crippen LogP contribution is -2.37. The third-order valence-corrected chi connectivity index (χ3v) is 7.64. The van der Waals surface area contributed by atoms with E-state index in [1.165, 1.54) is 0 Å². The Hall–Kier alpha value is -2.45. The molecule has 29 heavy (non-hydrogen) atoms. The van der Waals surface area contributed by atoms with Crippen molar-refractivity contribution in [2.45, 2.75) is 26.2 Å². The lowest BCUT2D eigenvalue weighted by atomic mass is 9.90. The van der Waals surface area contributed by atoms with Gasteiger partial charge in [0.05, 0.1) is 10.4 Å². The summed E-state index contributed by atoms with van der Waals surface area (Å²) in [5, 5.41) is 7.09. The fourth-order valence-electron chi connectivity index (χ4n) is 3.89. The lowest BCUT2D eigenvalue weighted by molar-refractivity contribution is 0.0947. The van der Waals surface area contributed by atoms with E-state index in [-0.39, 0.29) is 17.7 Å². The van der Waals surface area contributed by atoms with Crippen LogP contribution in [0, 0.1) is 11.8 Å². The highest BCUT2D eigenvalue weighted by molar-refractivity contribution is 7.93. The molecule has 0 spiro atoms. The lowest BCUT2D eigenvalue weighted by Gasteiger charge is -2.29. The number of nitrogens with zero attached hydrogens (tertiary/aromatic N) is 3. The number of carbonyl (C=O) groups excluding carboxylic acids is 1. The summed E-state index contributed by atoms with van der Waals surface area (Å²) in [7, 11) is -3.42. The number of fused-ring (bicyclic) bond motifs is 1. The third-order valence-electron chi connectivity index (χ3n) is 5.72. The highest BCUT2D eigenvalue weighted by atomic mass is 32.2. The third kappa shape index (κ3) is 4.13. The normalized spacial score (nSPS) is 23.1. The first kappa shape index (κ1) is 19.8. The van der Waals surface area contributed by atoms with E-state index in [4.69, 9.17) is 0 Å². The number of allylic oxidation sites excluding steroid dienone is 2. The van der Waals surface area contributed by atoms with Crippen LogP contribution in [-0.4, -0.2) is 47.9 Å². The summed E-state index contributed by atoms with van der Waals surface area (Å²) < 4.78 is 29.0. The molecule has 0 bridgehead atoms. The second kappa shape index (κ2) is 8.12. The number of sulfonamides is 1. The molecular weight excluding hydrogens is 388 g/mol. The molecule has 1 saturated heterocycles. The topological polar surface area (TPSA) is 83.8 Å². The number of pyridine rings is 1. The van der Waals surface area contributed by atoms with Crippen molar-refractivity contribution in [3.8, 4) is 0 Å². The van der Waals surface area contributed by atoms with Crippen molar-refractivity contribution in [1.82, 2.24) is 19.2 Å². The maximum absolute atomic E-state index is 12.9. The van der Waals surface area contributed by atoms with Gasteiger partial charge in [0.2, 0.25) is 10.0 Å². The van der Waals surface area contributed by atoms with Crippen LogP contribution in [0.15, 0.2) is 53.7 Å². The van der Waals surface area contributed by atoms with Crippen molar-refractivity contribution >= 4 is 21.4 Å². The average molecular weight is 415 g/mol. The molecule has 2 atom stereocenters. The minimum absolute atomic E-state index is 0.0205. The van der Waals surface area contributed by atoms with Gasteiger partial charge < -0.3 is 5.32 Å². The first-order chi connectivity index (χ1) is 13.9. The van der Waals surface area contributed by atoms with Gasteiger partial charge in [0, 0.05) is 43.5 Å². The zero-order valence-corrected chi connectivity index (χ0v) is 17.3. The van der Waals surface area contributed by atoms with Gasteiger partial charge >= 0.3 is 0 Å². The number of amides is 1. The zero-order valence-electron chi connectivity index (χ0n) is 16.5. The number of rotatable bonds is 5. The summed E-state index contributed by atoms with van der Waals surface area (Å²) in [4.78, 5) is 12.9. The van der Waals surface area contributed by atoms with E-state index in [1.807, 2.05) is 25.1 Å². The van der Waals surface area contributed by atoms with Gasteiger partial charge in [-0.1, -0.05) is 25.5 Å². The highest BCUT2D eigenvalue weighted by Gasteiger charge is 2.30. The Bertz CT molecular complexity index is 1060. The number of carbonyl (C=O) groups is 1. The van der Waals surface area contributed by atoms with Crippen LogP contribution in [0.3, 0.4) is 0 Å². The Morgan fingerprint density at radius 1 is 1.24 bits per heavy atom. The van der Waals surface area contributed by atoms with E-state index in [2.05, 4.69) is 10.4 Å². The van der Waals surface area contributed by atoms with Gasteiger partial charge in [-0.2, -0.15) is 9.40 Å². The van der Waals surface area contributed by atoms with E-state index in [1.54, 1.807) is 39.4 Å². The van der Waals surface area contributed by atoms with Crippen molar-refractivity contribution in [1.29, 1.82) is 0 Å². The summed E-state index contributed by atoms with van der Waals surface area (Å²) in [6.07, 6.45) is 11.8. The molecule has 2 aliphatic rings. The SMILES string of the molecule is CC1C=C(S(=O)(=O)N2CCCCC2)C=CC1CNC(=O)c1ccn2nccc2c1. The van der Waals surface area contributed by atoms with Gasteiger partial charge in [0.25, 0.3) is 5.91 Å². The second-order valence-electron chi connectivity index (χ2n) is 7.74. The van der Waals surface area contributed by atoms with E-state index >= 15 is 0 Å². The molecule has 2 aromatic heterocycles. The van der Waals surface area contributed by atoms with Gasteiger partial charge in [-0.3, -0.25) is 4.79 Å². The van der Waals surface area contributed by atoms with E-state index in [0.717, 1.165) is 24.8 Å². The summed E-state index contributed by atoms with van der Waals surface area (Å²) in [5.41, 5.74) is 1.44. The molecule has 3 heterocycles. The monoisotopic (exact) mass is 414 g/mol. The molecule has 0 radical (unpaired) electrons. The molecule has 1 N–H and O–H groups in total. The largest absolute Gasteiger partial charge is 0.351 e. The standard InChI is InChI=1S/C21H26N4O3S/c1-16-13-20(29(27,28)24-10-3-2-4-11-24)6-5-18(16)15-22-21(26)17-8-12-25-19(14-17)7-9-23-25/h5-9,12-14,16,18H,2-4,10-11,15H2,1H3,(H,22,26). The van der Waals surface area contributed by atoms with Crippen LogP contribution in [0.5, 0.6) is 0 Å². The van der Waals surface area contributed by atoms with E-state index < -0.39 is 10.0 Å². The summed E-state index contributed by atoms with van der Waals surface area (Å²) in [5.74, 6) is -0.0739. The van der Waals surface area contributed by atoms with E-state index in [0.29, 0.717) is 30.1 Å². The van der Waals surface area contributed by atoms with Gasteiger partial charge in [-0.15, -0.1) is 0 Å². The minimum atomic E-state index is -3.42. The molecule has 2 aromatic rings. The van der Waals surface area contributed by atoms with Crippen molar-refractivity contribution in [3.63, 3.8) is 0 Å². The van der Waals surface area contributed by atoms with Crippen LogP contribution in [0.25, 0.3) is 5.52 Å². The molecule has 0 aromatic carbocycles. The first-order valence-electron chi connectivity index (χ1n) is 10.1. The summed E-state index contributed by atoms with van der Waals surface area (Å²) in [6, 6.07) is 5.38. The predicted octanol–water partition coefficient (Wildman–Crippen LogP) is 2.59. The molecule has 0 saturated carbocycles. The van der Waals surface area contributed by atoms with E-state index in [9.17, 15) is 13.2 Å². The Labute approximate surface area is 171 Å².